The Bertz CT molecular complexity index is 2740. The Hall–Kier alpha value is -6.07. The molecule has 7 rings (SSSR count). The van der Waals surface area contributed by atoms with Gasteiger partial charge in [-0.15, -0.1) is 0 Å². The van der Waals surface area contributed by atoms with Crippen molar-refractivity contribution in [1.29, 1.82) is 0 Å². The molecule has 0 radical (unpaired) electrons. The summed E-state index contributed by atoms with van der Waals surface area (Å²) in [5.74, 6) is 1.82. The minimum absolute atomic E-state index is 0. The third kappa shape index (κ3) is 28.0. The van der Waals surface area contributed by atoms with Gasteiger partial charge >= 0.3 is 0 Å². The van der Waals surface area contributed by atoms with Crippen molar-refractivity contribution in [2.24, 2.45) is 9.98 Å². The Morgan fingerprint density at radius 2 is 0.505 bits per heavy atom. The summed E-state index contributed by atoms with van der Waals surface area (Å²) in [6.07, 6.45) is 49.0. The van der Waals surface area contributed by atoms with Gasteiger partial charge in [0, 0.05) is 39.3 Å². The Balaban J connectivity index is 0.0000132. The monoisotopic (exact) mass is 1270 g/mol. The standard InChI is InChI=1S/C85H115N3O2.Fe/c1-5-7-9-11-13-15-17-19-21-23-25-27-29-31-33-35-37-51-64-89-84-78(72-54-43-39-44-55-72)66-76(67-79(84)73-56-45-40-46-57-73)86-70(3)82-62-53-63-83(88-82)71(4)87-77-68-80(74-58-47-41-48-59-74)85(81(69-77)75-60-49-42-50-61-75)90-65-52-38-36-34-32-30-28-26-24-22-20-18-16-14-12-10-8-6-2;/h39-50,53-63,66-69H,5-38,51-52,64-65H2,1-4H3;. The largest absolute Gasteiger partial charge is 0.492 e. The maximum Gasteiger partial charge on any atom is 0.135 e. The first kappa shape index (κ1) is 74.0. The van der Waals surface area contributed by atoms with Crippen LogP contribution in [0.25, 0.3) is 44.5 Å². The Labute approximate surface area is 564 Å². The molecular weight excluding hydrogens is 1150 g/mol. The van der Waals surface area contributed by atoms with Crippen LogP contribution in [0, 0.1) is 0 Å². The van der Waals surface area contributed by atoms with Crippen molar-refractivity contribution < 1.29 is 26.5 Å². The molecule has 0 aliphatic rings. The van der Waals surface area contributed by atoms with Crippen molar-refractivity contribution in [2.45, 2.75) is 259 Å². The predicted octanol–water partition coefficient (Wildman–Crippen LogP) is 26.9. The molecule has 490 valence electrons. The maximum atomic E-state index is 6.89. The second-order valence-electron chi connectivity index (χ2n) is 25.7. The van der Waals surface area contributed by atoms with Gasteiger partial charge in [-0.25, -0.2) is 4.98 Å². The summed E-state index contributed by atoms with van der Waals surface area (Å²) < 4.78 is 13.8. The van der Waals surface area contributed by atoms with Gasteiger partial charge in [0.2, 0.25) is 0 Å². The van der Waals surface area contributed by atoms with Gasteiger partial charge in [0.05, 0.1) is 47.4 Å². The van der Waals surface area contributed by atoms with Crippen molar-refractivity contribution in [2.75, 3.05) is 13.2 Å². The van der Waals surface area contributed by atoms with E-state index in [2.05, 4.69) is 191 Å². The van der Waals surface area contributed by atoms with Crippen LogP contribution in [-0.2, 0) is 17.1 Å². The molecule has 5 nitrogen and oxygen atoms in total. The first-order valence-corrected chi connectivity index (χ1v) is 36.4. The SMILES string of the molecule is CCCCCCCCCCCCCCCCCCCCOc1c(-c2ccccc2)cc(N=C(C)c2cccc(C(C)=Nc3cc(-c4ccccc4)c(OCCCCCCCCCCCCCCCCCCCC)c(-c4ccccc4)c3)n2)cc1-c1ccccc1.[Fe]. The zero-order chi connectivity index (χ0) is 62.7. The molecule has 0 saturated heterocycles. The van der Waals surface area contributed by atoms with Crippen LogP contribution in [0.1, 0.15) is 270 Å². The van der Waals surface area contributed by atoms with E-state index in [0.717, 1.165) is 103 Å². The van der Waals surface area contributed by atoms with Crippen LogP contribution >= 0.6 is 0 Å². The Kier molecular flexibility index (Phi) is 37.5. The first-order valence-electron chi connectivity index (χ1n) is 36.4. The zero-order valence-corrected chi connectivity index (χ0v) is 58.1. The van der Waals surface area contributed by atoms with Crippen LogP contribution in [0.15, 0.2) is 174 Å². The van der Waals surface area contributed by atoms with Crippen LogP contribution in [0.2, 0.25) is 0 Å². The molecule has 0 N–H and O–H groups in total. The van der Waals surface area contributed by atoms with Crippen LogP contribution in [-0.4, -0.2) is 29.6 Å². The molecule has 0 aliphatic heterocycles. The van der Waals surface area contributed by atoms with Crippen LogP contribution in [0.5, 0.6) is 11.5 Å². The number of rotatable bonds is 48. The van der Waals surface area contributed by atoms with Crippen LogP contribution in [0.4, 0.5) is 11.4 Å². The smallest absolute Gasteiger partial charge is 0.135 e. The average Bonchev–Trinajstić information content (AvgIpc) is 0.963. The zero-order valence-electron chi connectivity index (χ0n) is 57.0. The quantitative estimate of drug-likeness (QED) is 0.0217. The minimum Gasteiger partial charge on any atom is -0.492 e. The number of hydrogen-bond acceptors (Lipinski definition) is 5. The molecular formula is C85H115FeN3O2. The van der Waals surface area contributed by atoms with E-state index in [1.807, 2.05) is 0 Å². The molecule has 0 amide bonds. The first-order chi connectivity index (χ1) is 44.5. The molecule has 0 spiro atoms. The van der Waals surface area contributed by atoms with Gasteiger partial charge in [0.1, 0.15) is 11.5 Å². The van der Waals surface area contributed by atoms with E-state index in [-0.39, 0.29) is 17.1 Å². The molecule has 0 atom stereocenters. The number of hydrogen-bond donors (Lipinski definition) is 0. The second-order valence-corrected chi connectivity index (χ2v) is 25.7. The number of nitrogens with zero attached hydrogens (tertiary/aromatic N) is 3. The molecule has 7 aromatic rings. The topological polar surface area (TPSA) is 56.1 Å². The van der Waals surface area contributed by atoms with E-state index in [0.29, 0.717) is 13.2 Å². The fourth-order valence-electron chi connectivity index (χ4n) is 12.7. The van der Waals surface area contributed by atoms with Gasteiger partial charge in [-0.1, -0.05) is 360 Å². The molecule has 6 heteroatoms. The van der Waals surface area contributed by atoms with Gasteiger partial charge in [0.15, 0.2) is 0 Å². The van der Waals surface area contributed by atoms with E-state index < -0.39 is 0 Å². The Morgan fingerprint density at radius 3 is 0.736 bits per heavy atom. The summed E-state index contributed by atoms with van der Waals surface area (Å²) in [6.45, 7) is 10.1. The second kappa shape index (κ2) is 46.1. The number of ether oxygens (including phenoxy) is 2. The number of aromatic nitrogens is 1. The van der Waals surface area contributed by atoms with Gasteiger partial charge in [0.25, 0.3) is 0 Å². The van der Waals surface area contributed by atoms with E-state index in [4.69, 9.17) is 24.4 Å². The molecule has 0 unspecified atom stereocenters. The number of unbranched alkanes of at least 4 members (excludes halogenated alkanes) is 34. The average molecular weight is 1270 g/mol. The van der Waals surface area contributed by atoms with Crippen molar-refractivity contribution in [1.82, 2.24) is 4.98 Å². The summed E-state index contributed by atoms with van der Waals surface area (Å²) in [6, 6.07) is 57.5. The fraction of sp³-hybridized carbons (Fsp3) is 0.494. The van der Waals surface area contributed by atoms with E-state index >= 15 is 0 Å². The van der Waals surface area contributed by atoms with Crippen LogP contribution < -0.4 is 9.47 Å². The maximum absolute atomic E-state index is 6.89. The summed E-state index contributed by atoms with van der Waals surface area (Å²) in [5.41, 5.74) is 13.6. The molecule has 6 aromatic carbocycles. The van der Waals surface area contributed by atoms with E-state index in [1.54, 1.807) is 0 Å². The summed E-state index contributed by atoms with van der Waals surface area (Å²) in [5, 5.41) is 0. The molecule has 1 heterocycles. The summed E-state index contributed by atoms with van der Waals surface area (Å²) in [7, 11) is 0. The van der Waals surface area contributed by atoms with Crippen LogP contribution in [0.3, 0.4) is 0 Å². The van der Waals surface area contributed by atoms with Gasteiger partial charge in [-0.2, -0.15) is 0 Å². The molecule has 0 bridgehead atoms. The summed E-state index contributed by atoms with van der Waals surface area (Å²) >= 11 is 0. The molecule has 91 heavy (non-hydrogen) atoms. The molecule has 0 fully saturated rings. The Morgan fingerprint density at radius 1 is 0.286 bits per heavy atom. The number of aliphatic imine (C=N–C) groups is 2. The number of pyridine rings is 1. The van der Waals surface area contributed by atoms with Gasteiger partial charge in [-0.05, 0) is 85.3 Å². The summed E-state index contributed by atoms with van der Waals surface area (Å²) in [4.78, 5) is 15.9. The van der Waals surface area contributed by atoms with E-state index in [1.165, 1.54) is 218 Å². The van der Waals surface area contributed by atoms with Crippen molar-refractivity contribution >= 4 is 22.8 Å². The van der Waals surface area contributed by atoms with Crippen molar-refractivity contribution in [3.63, 3.8) is 0 Å². The van der Waals surface area contributed by atoms with Crippen molar-refractivity contribution in [3.05, 3.63) is 175 Å². The predicted molar refractivity (Wildman–Crippen MR) is 391 cm³/mol. The molecule has 1 aromatic heterocycles. The fourth-order valence-corrected chi connectivity index (χ4v) is 12.7. The van der Waals surface area contributed by atoms with E-state index in [9.17, 15) is 0 Å². The van der Waals surface area contributed by atoms with Crippen molar-refractivity contribution in [3.8, 4) is 56.0 Å². The molecule has 0 saturated carbocycles. The normalized spacial score (nSPS) is 11.7. The van der Waals surface area contributed by atoms with Gasteiger partial charge in [-0.3, -0.25) is 9.98 Å². The third-order valence-electron chi connectivity index (χ3n) is 18.1. The molecule has 0 aliphatic carbocycles. The number of benzene rings is 6. The third-order valence-corrected chi connectivity index (χ3v) is 18.1. The minimum atomic E-state index is 0. The van der Waals surface area contributed by atoms with Gasteiger partial charge < -0.3 is 9.47 Å².